The summed E-state index contributed by atoms with van der Waals surface area (Å²) in [5.74, 6) is 0.236. The number of benzene rings is 1. The molecule has 0 saturated carbocycles. The summed E-state index contributed by atoms with van der Waals surface area (Å²) < 4.78 is 0. The Morgan fingerprint density at radius 2 is 2.07 bits per heavy atom. The van der Waals surface area contributed by atoms with E-state index in [2.05, 4.69) is 32.3 Å². The second kappa shape index (κ2) is 9.96. The first-order chi connectivity index (χ1) is 14.0. The molecule has 2 unspecified atom stereocenters. The second-order valence-electron chi connectivity index (χ2n) is 6.90. The third-order valence-electron chi connectivity index (χ3n) is 4.66. The maximum Gasteiger partial charge on any atom is 0.182 e. The molecule has 1 aliphatic rings. The van der Waals surface area contributed by atoms with E-state index in [9.17, 15) is 9.90 Å². The minimum absolute atomic E-state index is 0.236. The predicted octanol–water partition coefficient (Wildman–Crippen LogP) is 4.38. The summed E-state index contributed by atoms with van der Waals surface area (Å²) in [6, 6.07) is 10.3. The van der Waals surface area contributed by atoms with Crippen LogP contribution >= 0.6 is 22.7 Å². The quantitative estimate of drug-likeness (QED) is 0.585. The molecule has 3 aromatic rings. The van der Waals surface area contributed by atoms with Gasteiger partial charge in [0.2, 0.25) is 0 Å². The number of aldehydes is 1. The van der Waals surface area contributed by atoms with Gasteiger partial charge in [0.15, 0.2) is 5.13 Å². The van der Waals surface area contributed by atoms with Crippen LogP contribution in [-0.4, -0.2) is 41.5 Å². The van der Waals surface area contributed by atoms with E-state index in [-0.39, 0.29) is 5.92 Å². The van der Waals surface area contributed by atoms with E-state index in [1.807, 2.05) is 37.6 Å². The molecule has 154 valence electrons. The number of aliphatic hydroxyl groups excluding tert-OH is 1. The molecule has 0 radical (unpaired) electrons. The number of aryl methyl sites for hydroxylation is 1. The first-order valence-corrected chi connectivity index (χ1v) is 11.3. The van der Waals surface area contributed by atoms with Gasteiger partial charge in [0.25, 0.3) is 0 Å². The lowest BCUT2D eigenvalue weighted by atomic mass is 10.1. The van der Waals surface area contributed by atoms with Crippen molar-refractivity contribution >= 4 is 39.8 Å². The fourth-order valence-electron chi connectivity index (χ4n) is 3.10. The Balaban J connectivity index is 0.000000169. The summed E-state index contributed by atoms with van der Waals surface area (Å²) >= 11 is 3.06. The molecule has 6 nitrogen and oxygen atoms in total. The van der Waals surface area contributed by atoms with Gasteiger partial charge in [-0.1, -0.05) is 18.2 Å². The van der Waals surface area contributed by atoms with Gasteiger partial charge >= 0.3 is 0 Å². The number of rotatable bonds is 5. The lowest BCUT2D eigenvalue weighted by Crippen LogP contribution is -2.19. The zero-order valence-electron chi connectivity index (χ0n) is 16.8. The lowest BCUT2D eigenvalue weighted by Gasteiger charge is -2.17. The maximum atomic E-state index is 10.6. The SMILES string of the molecule is CNc1nc(-c2sc(C(C)O)nc2C)cs1.O=CC1CCN(c2ccccc2)C1. The highest BCUT2D eigenvalue weighted by Gasteiger charge is 2.21. The van der Waals surface area contributed by atoms with Crippen LogP contribution < -0.4 is 10.2 Å². The number of anilines is 2. The van der Waals surface area contributed by atoms with Crippen molar-refractivity contribution < 1.29 is 9.90 Å². The van der Waals surface area contributed by atoms with Crippen molar-refractivity contribution in [3.8, 4) is 10.6 Å². The molecule has 4 rings (SSSR count). The summed E-state index contributed by atoms with van der Waals surface area (Å²) in [6.45, 7) is 5.55. The zero-order valence-corrected chi connectivity index (χ0v) is 18.5. The monoisotopic (exact) mass is 430 g/mol. The lowest BCUT2D eigenvalue weighted by molar-refractivity contribution is -0.110. The van der Waals surface area contributed by atoms with E-state index in [0.717, 1.165) is 52.2 Å². The van der Waals surface area contributed by atoms with Gasteiger partial charge in [-0.05, 0) is 32.4 Å². The number of aromatic nitrogens is 2. The Hall–Kier alpha value is -2.29. The van der Waals surface area contributed by atoms with Crippen LogP contribution in [0.3, 0.4) is 0 Å². The number of carbonyl (C=O) groups excluding carboxylic acids is 1. The predicted molar refractivity (Wildman–Crippen MR) is 121 cm³/mol. The minimum atomic E-state index is -0.514. The van der Waals surface area contributed by atoms with Crippen molar-refractivity contribution in [2.75, 3.05) is 30.4 Å². The maximum absolute atomic E-state index is 10.6. The Morgan fingerprint density at radius 1 is 1.31 bits per heavy atom. The Bertz CT molecular complexity index is 924. The summed E-state index contributed by atoms with van der Waals surface area (Å²) in [5.41, 5.74) is 3.08. The van der Waals surface area contributed by atoms with Crippen LogP contribution in [0, 0.1) is 12.8 Å². The van der Waals surface area contributed by atoms with Crippen LogP contribution in [0.4, 0.5) is 10.8 Å². The van der Waals surface area contributed by atoms with Gasteiger partial charge < -0.3 is 20.1 Å². The average molecular weight is 431 g/mol. The van der Waals surface area contributed by atoms with Crippen molar-refractivity contribution in [3.05, 3.63) is 46.4 Å². The van der Waals surface area contributed by atoms with Crippen LogP contribution in [0.1, 0.15) is 30.2 Å². The molecule has 2 aromatic heterocycles. The molecule has 1 aliphatic heterocycles. The number of para-hydroxylation sites is 1. The number of nitrogens with one attached hydrogen (secondary N) is 1. The molecule has 8 heteroatoms. The molecule has 0 amide bonds. The van der Waals surface area contributed by atoms with Gasteiger partial charge in [-0.2, -0.15) is 0 Å². The third-order valence-corrected chi connectivity index (χ3v) is 6.87. The Labute approximate surface area is 179 Å². The molecule has 0 aliphatic carbocycles. The van der Waals surface area contributed by atoms with Gasteiger partial charge in [0, 0.05) is 37.1 Å². The second-order valence-corrected chi connectivity index (χ2v) is 8.79. The molecule has 29 heavy (non-hydrogen) atoms. The number of thiazole rings is 2. The molecule has 0 bridgehead atoms. The van der Waals surface area contributed by atoms with Crippen molar-refractivity contribution in [1.29, 1.82) is 0 Å². The first kappa shape index (κ1) is 21.4. The fraction of sp³-hybridized carbons (Fsp3) is 0.381. The molecule has 1 fully saturated rings. The van der Waals surface area contributed by atoms with Gasteiger partial charge in [0.1, 0.15) is 17.4 Å². The highest BCUT2D eigenvalue weighted by Crippen LogP contribution is 2.34. The average Bonchev–Trinajstić information content (AvgIpc) is 3.48. The standard InChI is InChI=1S/C11H13NO.C10H13N3OS2/c13-9-10-6-7-12(8-10)11-4-2-1-3-5-11;1-5-8(16-9(12-5)6(2)14)7-4-15-10(11-3)13-7/h1-5,9-10H,6-8H2;4,6,14H,1-3H3,(H,11,13). The highest BCUT2D eigenvalue weighted by molar-refractivity contribution is 7.16. The highest BCUT2D eigenvalue weighted by atomic mass is 32.1. The van der Waals surface area contributed by atoms with Crippen molar-refractivity contribution in [3.63, 3.8) is 0 Å². The van der Waals surface area contributed by atoms with Crippen LogP contribution in [-0.2, 0) is 4.79 Å². The van der Waals surface area contributed by atoms with E-state index >= 15 is 0 Å². The molecule has 1 saturated heterocycles. The summed E-state index contributed by atoms with van der Waals surface area (Å²) in [4.78, 5) is 22.6. The van der Waals surface area contributed by atoms with Crippen LogP contribution in [0.25, 0.3) is 10.6 Å². The largest absolute Gasteiger partial charge is 0.386 e. The topological polar surface area (TPSA) is 78.4 Å². The van der Waals surface area contributed by atoms with E-state index < -0.39 is 6.10 Å². The summed E-state index contributed by atoms with van der Waals surface area (Å²) in [7, 11) is 1.85. The van der Waals surface area contributed by atoms with E-state index in [1.54, 1.807) is 18.3 Å². The van der Waals surface area contributed by atoms with Crippen LogP contribution in [0.5, 0.6) is 0 Å². The van der Waals surface area contributed by atoms with Crippen molar-refractivity contribution in [2.45, 2.75) is 26.4 Å². The van der Waals surface area contributed by atoms with Crippen molar-refractivity contribution in [2.24, 2.45) is 5.92 Å². The van der Waals surface area contributed by atoms with Gasteiger partial charge in [0.05, 0.1) is 16.3 Å². The Morgan fingerprint density at radius 3 is 2.62 bits per heavy atom. The van der Waals surface area contributed by atoms with Crippen LogP contribution in [0.2, 0.25) is 0 Å². The summed E-state index contributed by atoms with van der Waals surface area (Å²) in [6.07, 6.45) is 1.56. The van der Waals surface area contributed by atoms with E-state index in [1.165, 1.54) is 17.0 Å². The summed E-state index contributed by atoms with van der Waals surface area (Å²) in [5, 5.41) is 16.1. The van der Waals surface area contributed by atoms with Gasteiger partial charge in [-0.25, -0.2) is 9.97 Å². The van der Waals surface area contributed by atoms with Gasteiger partial charge in [-0.3, -0.25) is 0 Å². The minimum Gasteiger partial charge on any atom is -0.386 e. The smallest absolute Gasteiger partial charge is 0.182 e. The molecule has 1 aromatic carbocycles. The van der Waals surface area contributed by atoms with Crippen LogP contribution in [0.15, 0.2) is 35.7 Å². The van der Waals surface area contributed by atoms with E-state index in [0.29, 0.717) is 0 Å². The molecule has 0 spiro atoms. The zero-order chi connectivity index (χ0) is 20.8. The normalized spacial score (nSPS) is 16.8. The van der Waals surface area contributed by atoms with E-state index in [4.69, 9.17) is 0 Å². The molecule has 2 N–H and O–H groups in total. The molecule has 2 atom stereocenters. The first-order valence-electron chi connectivity index (χ1n) is 9.56. The molecule has 3 heterocycles. The van der Waals surface area contributed by atoms with Crippen molar-refractivity contribution in [1.82, 2.24) is 9.97 Å². The Kier molecular flexibility index (Phi) is 7.35. The molecular formula is C21H26N4O2S2. The number of carbonyl (C=O) groups is 1. The number of hydrogen-bond acceptors (Lipinski definition) is 8. The number of nitrogens with zero attached hydrogens (tertiary/aromatic N) is 3. The van der Waals surface area contributed by atoms with Gasteiger partial charge in [-0.15, -0.1) is 22.7 Å². The fourth-order valence-corrected chi connectivity index (χ4v) is 4.80. The number of hydrogen-bond donors (Lipinski definition) is 2. The third kappa shape index (κ3) is 5.41. The number of aliphatic hydroxyl groups is 1. The molecular weight excluding hydrogens is 404 g/mol.